The summed E-state index contributed by atoms with van der Waals surface area (Å²) in [4.78, 5) is 13.8. The molecule has 0 radical (unpaired) electrons. The molecule has 120 valence electrons. The standard InChI is InChI=1S/C18H31NO2/c1-5-6-7-8-9-10-11-16-12-14-19(15-13-16)17(20)21-18(2,3)4/h1,16H,6-15H2,2-4H3. The number of carbonyl (C=O) groups is 1. The number of amides is 1. The highest BCUT2D eigenvalue weighted by atomic mass is 16.6. The van der Waals surface area contributed by atoms with E-state index in [4.69, 9.17) is 11.2 Å². The summed E-state index contributed by atoms with van der Waals surface area (Å²) in [5.41, 5.74) is -0.397. The Labute approximate surface area is 130 Å². The van der Waals surface area contributed by atoms with Crippen molar-refractivity contribution in [1.82, 2.24) is 4.90 Å². The number of unbranched alkanes of at least 4 members (excludes halogenated alkanes) is 4. The van der Waals surface area contributed by atoms with Crippen LogP contribution in [-0.4, -0.2) is 29.7 Å². The van der Waals surface area contributed by atoms with E-state index in [1.807, 2.05) is 25.7 Å². The molecule has 0 bridgehead atoms. The molecule has 0 aromatic carbocycles. The van der Waals surface area contributed by atoms with Crippen molar-refractivity contribution in [3.8, 4) is 12.3 Å². The van der Waals surface area contributed by atoms with Crippen molar-refractivity contribution in [2.45, 2.75) is 77.7 Å². The zero-order chi connectivity index (χ0) is 15.7. The molecule has 21 heavy (non-hydrogen) atoms. The molecule has 0 saturated carbocycles. The maximum atomic E-state index is 12.0. The summed E-state index contributed by atoms with van der Waals surface area (Å²) in [7, 11) is 0. The van der Waals surface area contributed by atoms with Crippen LogP contribution in [0, 0.1) is 18.3 Å². The molecule has 1 fully saturated rings. The zero-order valence-corrected chi connectivity index (χ0v) is 14.0. The largest absolute Gasteiger partial charge is 0.444 e. The fourth-order valence-corrected chi connectivity index (χ4v) is 2.74. The van der Waals surface area contributed by atoms with Gasteiger partial charge in [-0.25, -0.2) is 4.79 Å². The van der Waals surface area contributed by atoms with Crippen molar-refractivity contribution >= 4 is 6.09 Å². The van der Waals surface area contributed by atoms with Gasteiger partial charge in [-0.05, 0) is 46.0 Å². The van der Waals surface area contributed by atoms with Crippen LogP contribution in [-0.2, 0) is 4.74 Å². The molecular formula is C18H31NO2. The van der Waals surface area contributed by atoms with Crippen molar-refractivity contribution in [1.29, 1.82) is 0 Å². The SMILES string of the molecule is C#CCCCCCCC1CCN(C(=O)OC(C)(C)C)CC1. The van der Waals surface area contributed by atoms with Crippen molar-refractivity contribution < 1.29 is 9.53 Å². The van der Waals surface area contributed by atoms with Crippen molar-refractivity contribution in [2.24, 2.45) is 5.92 Å². The van der Waals surface area contributed by atoms with Gasteiger partial charge >= 0.3 is 6.09 Å². The normalized spacial score (nSPS) is 16.6. The average molecular weight is 293 g/mol. The minimum absolute atomic E-state index is 0.157. The highest BCUT2D eigenvalue weighted by molar-refractivity contribution is 5.68. The first kappa shape index (κ1) is 17.9. The van der Waals surface area contributed by atoms with Gasteiger partial charge in [0.05, 0.1) is 0 Å². The second-order valence-corrected chi connectivity index (χ2v) is 7.07. The maximum Gasteiger partial charge on any atom is 0.410 e. The lowest BCUT2D eigenvalue weighted by atomic mass is 9.91. The Morgan fingerprint density at radius 2 is 1.81 bits per heavy atom. The van der Waals surface area contributed by atoms with E-state index in [1.165, 1.54) is 25.7 Å². The van der Waals surface area contributed by atoms with Crippen LogP contribution in [0.2, 0.25) is 0 Å². The van der Waals surface area contributed by atoms with Gasteiger partial charge in [0.1, 0.15) is 5.60 Å². The highest BCUT2D eigenvalue weighted by Crippen LogP contribution is 2.24. The number of ether oxygens (including phenoxy) is 1. The first-order valence-corrected chi connectivity index (χ1v) is 8.34. The average Bonchev–Trinajstić information content (AvgIpc) is 2.41. The fraction of sp³-hybridized carbons (Fsp3) is 0.833. The zero-order valence-electron chi connectivity index (χ0n) is 14.0. The van der Waals surface area contributed by atoms with Crippen LogP contribution in [0.15, 0.2) is 0 Å². The second kappa shape index (κ2) is 8.97. The molecule has 0 aromatic rings. The van der Waals surface area contributed by atoms with Crippen LogP contribution in [0.5, 0.6) is 0 Å². The number of piperidine rings is 1. The Kier molecular flexibility index (Phi) is 7.64. The summed E-state index contributed by atoms with van der Waals surface area (Å²) in [6.45, 7) is 7.43. The lowest BCUT2D eigenvalue weighted by Gasteiger charge is -2.33. The third-order valence-electron chi connectivity index (χ3n) is 3.95. The molecule has 1 rings (SSSR count). The highest BCUT2D eigenvalue weighted by Gasteiger charge is 2.26. The van der Waals surface area contributed by atoms with Gasteiger partial charge in [0.2, 0.25) is 0 Å². The maximum absolute atomic E-state index is 12.0. The van der Waals surface area contributed by atoms with Crippen molar-refractivity contribution in [3.05, 3.63) is 0 Å². The Morgan fingerprint density at radius 3 is 2.38 bits per heavy atom. The molecule has 1 aliphatic rings. The number of rotatable bonds is 6. The van der Waals surface area contributed by atoms with E-state index in [2.05, 4.69) is 5.92 Å². The van der Waals surface area contributed by atoms with Crippen LogP contribution in [0.4, 0.5) is 4.79 Å². The first-order chi connectivity index (χ1) is 9.92. The molecule has 0 aromatic heterocycles. The predicted octanol–water partition coefficient (Wildman–Crippen LogP) is 4.61. The van der Waals surface area contributed by atoms with Gasteiger partial charge in [-0.3, -0.25) is 0 Å². The molecule has 0 N–H and O–H groups in total. The van der Waals surface area contributed by atoms with E-state index in [0.717, 1.165) is 44.7 Å². The lowest BCUT2D eigenvalue weighted by Crippen LogP contribution is -2.41. The molecule has 3 heteroatoms. The monoisotopic (exact) mass is 293 g/mol. The third-order valence-corrected chi connectivity index (χ3v) is 3.95. The minimum atomic E-state index is -0.397. The van der Waals surface area contributed by atoms with Gasteiger partial charge in [0.15, 0.2) is 0 Å². The van der Waals surface area contributed by atoms with Crippen molar-refractivity contribution in [2.75, 3.05) is 13.1 Å². The molecule has 1 amide bonds. The van der Waals surface area contributed by atoms with Crippen molar-refractivity contribution in [3.63, 3.8) is 0 Å². The van der Waals surface area contributed by atoms with Crippen LogP contribution in [0.25, 0.3) is 0 Å². The number of likely N-dealkylation sites (tertiary alicyclic amines) is 1. The molecule has 0 aliphatic carbocycles. The smallest absolute Gasteiger partial charge is 0.410 e. The van der Waals surface area contributed by atoms with Gasteiger partial charge in [0, 0.05) is 19.5 Å². The summed E-state index contributed by atoms with van der Waals surface area (Å²) in [6, 6.07) is 0. The Balaban J connectivity index is 2.12. The van der Waals surface area contributed by atoms with Gasteiger partial charge in [0.25, 0.3) is 0 Å². The van der Waals surface area contributed by atoms with E-state index in [0.29, 0.717) is 0 Å². The Hall–Kier alpha value is -1.17. The van der Waals surface area contributed by atoms with E-state index < -0.39 is 5.60 Å². The van der Waals surface area contributed by atoms with Crippen LogP contribution in [0.1, 0.15) is 72.1 Å². The van der Waals surface area contributed by atoms with Gasteiger partial charge in [-0.2, -0.15) is 0 Å². The third kappa shape index (κ3) is 7.99. The number of hydrogen-bond donors (Lipinski definition) is 0. The van der Waals surface area contributed by atoms with E-state index >= 15 is 0 Å². The molecular weight excluding hydrogens is 262 g/mol. The molecule has 0 atom stereocenters. The molecule has 0 spiro atoms. The second-order valence-electron chi connectivity index (χ2n) is 7.07. The molecule has 3 nitrogen and oxygen atoms in total. The Morgan fingerprint density at radius 1 is 1.19 bits per heavy atom. The summed E-state index contributed by atoms with van der Waals surface area (Å²) in [5.74, 6) is 3.46. The van der Waals surface area contributed by atoms with E-state index in [9.17, 15) is 4.79 Å². The van der Waals surface area contributed by atoms with Gasteiger partial charge in [-0.1, -0.05) is 25.7 Å². The molecule has 1 heterocycles. The van der Waals surface area contributed by atoms with Crippen LogP contribution >= 0.6 is 0 Å². The number of terminal acetylenes is 1. The molecule has 1 saturated heterocycles. The van der Waals surface area contributed by atoms with Gasteiger partial charge in [-0.15, -0.1) is 12.3 Å². The van der Waals surface area contributed by atoms with E-state index in [-0.39, 0.29) is 6.09 Å². The first-order valence-electron chi connectivity index (χ1n) is 8.34. The summed E-state index contributed by atoms with van der Waals surface area (Å²) >= 11 is 0. The van der Waals surface area contributed by atoms with Gasteiger partial charge < -0.3 is 9.64 Å². The quantitative estimate of drug-likeness (QED) is 0.529. The van der Waals surface area contributed by atoms with E-state index in [1.54, 1.807) is 0 Å². The Bertz CT molecular complexity index is 343. The number of nitrogens with zero attached hydrogens (tertiary/aromatic N) is 1. The molecule has 1 aliphatic heterocycles. The number of hydrogen-bond acceptors (Lipinski definition) is 2. The summed E-state index contributed by atoms with van der Waals surface area (Å²) < 4.78 is 5.42. The van der Waals surface area contributed by atoms with Crippen LogP contribution < -0.4 is 0 Å². The minimum Gasteiger partial charge on any atom is -0.444 e. The molecule has 0 unspecified atom stereocenters. The summed E-state index contributed by atoms with van der Waals surface area (Å²) in [5, 5.41) is 0. The number of carbonyl (C=O) groups excluding carboxylic acids is 1. The van der Waals surface area contributed by atoms with Crippen LogP contribution in [0.3, 0.4) is 0 Å². The topological polar surface area (TPSA) is 29.5 Å². The summed E-state index contributed by atoms with van der Waals surface area (Å²) in [6.07, 6.45) is 14.5. The predicted molar refractivity (Wildman–Crippen MR) is 87.1 cm³/mol. The fourth-order valence-electron chi connectivity index (χ4n) is 2.74. The lowest BCUT2D eigenvalue weighted by molar-refractivity contribution is 0.0180.